The third kappa shape index (κ3) is 9.19. The number of aliphatic hydroxyl groups excluding tert-OH is 1. The van der Waals surface area contributed by atoms with E-state index >= 15 is 0 Å². The summed E-state index contributed by atoms with van der Waals surface area (Å²) in [4.78, 5) is 39.4. The molecule has 0 saturated heterocycles. The summed E-state index contributed by atoms with van der Waals surface area (Å²) in [6, 6.07) is 18.5. The average Bonchev–Trinajstić information content (AvgIpc) is 3.44. The first-order valence-corrected chi connectivity index (χ1v) is 14.1. The van der Waals surface area contributed by atoms with Crippen LogP contribution in [0, 0.1) is 11.8 Å². The van der Waals surface area contributed by atoms with Crippen molar-refractivity contribution in [3.05, 3.63) is 97.1 Å². The molecule has 0 bridgehead atoms. The van der Waals surface area contributed by atoms with Crippen LogP contribution < -0.4 is 10.6 Å². The van der Waals surface area contributed by atoms with Crippen molar-refractivity contribution >= 4 is 17.8 Å². The van der Waals surface area contributed by atoms with E-state index in [0.717, 1.165) is 36.8 Å². The maximum Gasteiger partial charge on any atom is 0.309 e. The van der Waals surface area contributed by atoms with Gasteiger partial charge in [-0.25, -0.2) is 0 Å². The Morgan fingerprint density at radius 1 is 0.925 bits per heavy atom. The molecule has 0 heterocycles. The number of amides is 2. The Hall–Kier alpha value is -3.71. The van der Waals surface area contributed by atoms with E-state index in [2.05, 4.69) is 23.8 Å². The Kier molecular flexibility index (Phi) is 12.2. The summed E-state index contributed by atoms with van der Waals surface area (Å²) < 4.78 is 5.75. The number of allylic oxidation sites excluding steroid dienone is 2. The number of carbonyl (C=O) groups is 3. The lowest BCUT2D eigenvalue weighted by Gasteiger charge is -2.29. The second-order valence-corrected chi connectivity index (χ2v) is 10.6. The number of nitrogens with one attached hydrogen (secondary N) is 2. The van der Waals surface area contributed by atoms with Gasteiger partial charge in [0, 0.05) is 6.42 Å². The highest BCUT2D eigenvalue weighted by atomic mass is 16.5. The molecule has 7 nitrogen and oxygen atoms in total. The van der Waals surface area contributed by atoms with Crippen molar-refractivity contribution in [3.63, 3.8) is 0 Å². The number of rotatable bonds is 16. The maximum absolute atomic E-state index is 13.4. The molecule has 0 aromatic heterocycles. The predicted octanol–water partition coefficient (Wildman–Crippen LogP) is 4.83. The Bertz CT molecular complexity index is 1110. The van der Waals surface area contributed by atoms with Gasteiger partial charge in [-0.05, 0) is 43.2 Å². The van der Waals surface area contributed by atoms with Crippen molar-refractivity contribution in [3.8, 4) is 0 Å². The monoisotopic (exact) mass is 546 g/mol. The summed E-state index contributed by atoms with van der Waals surface area (Å²) in [6.07, 6.45) is 7.98. The second kappa shape index (κ2) is 15.8. The minimum absolute atomic E-state index is 0.0284. The van der Waals surface area contributed by atoms with Crippen molar-refractivity contribution in [2.45, 2.75) is 62.9 Å². The van der Waals surface area contributed by atoms with Crippen LogP contribution in [0.5, 0.6) is 0 Å². The molecule has 0 unspecified atom stereocenters. The number of carbonyl (C=O) groups excluding carboxylic acids is 3. The van der Waals surface area contributed by atoms with Gasteiger partial charge in [-0.1, -0.05) is 85.7 Å². The van der Waals surface area contributed by atoms with Gasteiger partial charge < -0.3 is 20.5 Å². The van der Waals surface area contributed by atoms with Crippen molar-refractivity contribution in [2.24, 2.45) is 11.8 Å². The van der Waals surface area contributed by atoms with E-state index in [4.69, 9.17) is 4.74 Å². The van der Waals surface area contributed by atoms with E-state index in [1.807, 2.05) is 60.7 Å². The van der Waals surface area contributed by atoms with Gasteiger partial charge in [0.1, 0.15) is 6.61 Å². The van der Waals surface area contributed by atoms with Crippen LogP contribution in [-0.4, -0.2) is 41.6 Å². The molecule has 0 aliphatic heterocycles. The summed E-state index contributed by atoms with van der Waals surface area (Å²) in [5.41, 5.74) is 1.22. The van der Waals surface area contributed by atoms with Crippen molar-refractivity contribution in [1.82, 2.24) is 10.6 Å². The molecular weight excluding hydrogens is 504 g/mol. The molecule has 1 fully saturated rings. The van der Waals surface area contributed by atoms with Gasteiger partial charge in [-0.15, -0.1) is 13.2 Å². The Labute approximate surface area is 237 Å². The van der Waals surface area contributed by atoms with Crippen LogP contribution in [0.4, 0.5) is 0 Å². The molecule has 2 aromatic rings. The fourth-order valence-electron chi connectivity index (χ4n) is 5.27. The molecule has 40 heavy (non-hydrogen) atoms. The van der Waals surface area contributed by atoms with Crippen LogP contribution >= 0.6 is 0 Å². The molecule has 214 valence electrons. The molecule has 2 aromatic carbocycles. The Morgan fingerprint density at radius 2 is 1.52 bits per heavy atom. The highest BCUT2D eigenvalue weighted by molar-refractivity contribution is 5.86. The second-order valence-electron chi connectivity index (χ2n) is 10.6. The van der Waals surface area contributed by atoms with Crippen molar-refractivity contribution in [2.75, 3.05) is 13.2 Å². The first-order valence-electron chi connectivity index (χ1n) is 14.1. The Balaban J connectivity index is 1.67. The summed E-state index contributed by atoms with van der Waals surface area (Å²) in [6.45, 7) is 7.39. The lowest BCUT2D eigenvalue weighted by atomic mass is 9.95. The van der Waals surface area contributed by atoms with Crippen molar-refractivity contribution in [1.29, 1.82) is 0 Å². The van der Waals surface area contributed by atoms with Gasteiger partial charge in [-0.3, -0.25) is 14.4 Å². The molecule has 1 saturated carbocycles. The summed E-state index contributed by atoms with van der Waals surface area (Å²) >= 11 is 0. The number of hydrogen-bond donors (Lipinski definition) is 3. The van der Waals surface area contributed by atoms with E-state index in [9.17, 15) is 19.5 Å². The molecule has 2 amide bonds. The third-order valence-electron chi connectivity index (χ3n) is 7.54. The number of esters is 1. The van der Waals surface area contributed by atoms with E-state index in [-0.39, 0.29) is 37.4 Å². The first-order chi connectivity index (χ1) is 19.4. The zero-order chi connectivity index (χ0) is 28.8. The number of aliphatic hydroxyl groups is 1. The summed E-state index contributed by atoms with van der Waals surface area (Å²) in [5, 5.41) is 15.8. The summed E-state index contributed by atoms with van der Waals surface area (Å²) in [7, 11) is 0. The highest BCUT2D eigenvalue weighted by Gasteiger charge is 2.35. The fourth-order valence-corrected chi connectivity index (χ4v) is 5.27. The van der Waals surface area contributed by atoms with Crippen LogP contribution in [-0.2, 0) is 25.5 Å². The average molecular weight is 547 g/mol. The van der Waals surface area contributed by atoms with E-state index in [1.54, 1.807) is 12.2 Å². The molecular formula is C33H42N2O5. The van der Waals surface area contributed by atoms with Gasteiger partial charge >= 0.3 is 5.97 Å². The minimum atomic E-state index is -0.650. The predicted molar refractivity (Wildman–Crippen MR) is 156 cm³/mol. The van der Waals surface area contributed by atoms with Crippen LogP contribution in [0.3, 0.4) is 0 Å². The zero-order valence-electron chi connectivity index (χ0n) is 23.2. The smallest absolute Gasteiger partial charge is 0.309 e. The molecule has 0 spiro atoms. The molecule has 3 N–H and O–H groups in total. The van der Waals surface area contributed by atoms with Gasteiger partial charge in [0.2, 0.25) is 11.8 Å². The molecule has 0 radical (unpaired) electrons. The normalized spacial score (nSPS) is 16.2. The lowest BCUT2D eigenvalue weighted by molar-refractivity contribution is -0.150. The zero-order valence-corrected chi connectivity index (χ0v) is 23.2. The SMILES string of the molecule is C=CC[C@@H](CC(=O)NC1(CO)CCCC1)C(=O)N[C@@H](COC(=O)[C@H](CC=C)Cc1ccccc1)c1ccccc1. The lowest BCUT2D eigenvalue weighted by Crippen LogP contribution is -2.50. The Morgan fingerprint density at radius 3 is 2.12 bits per heavy atom. The van der Waals surface area contributed by atoms with Gasteiger partial charge in [0.25, 0.3) is 0 Å². The van der Waals surface area contributed by atoms with Crippen LogP contribution in [0.1, 0.15) is 62.1 Å². The summed E-state index contributed by atoms with van der Waals surface area (Å²) in [5.74, 6) is -1.99. The number of ether oxygens (including phenoxy) is 1. The molecule has 7 heteroatoms. The number of hydrogen-bond acceptors (Lipinski definition) is 5. The van der Waals surface area contributed by atoms with Crippen LogP contribution in [0.2, 0.25) is 0 Å². The topological polar surface area (TPSA) is 105 Å². The van der Waals surface area contributed by atoms with Crippen molar-refractivity contribution < 1.29 is 24.2 Å². The quantitative estimate of drug-likeness (QED) is 0.207. The third-order valence-corrected chi connectivity index (χ3v) is 7.54. The molecule has 1 aliphatic rings. The number of benzene rings is 2. The highest BCUT2D eigenvalue weighted by Crippen LogP contribution is 2.29. The van der Waals surface area contributed by atoms with E-state index in [1.165, 1.54) is 0 Å². The standard InChI is InChI=1S/C33H42N2O5/c1-3-13-27(22-30(37)35-33(24-36)19-11-12-20-33)31(38)34-29(26-17-9-6-10-18-26)23-40-32(39)28(14-4-2)21-25-15-7-5-8-16-25/h3-10,15-18,27-29,36H,1-2,11-14,19-24H2,(H,34,38)(H,35,37)/t27-,28+,29-/m0/s1. The van der Waals surface area contributed by atoms with E-state index < -0.39 is 23.4 Å². The maximum atomic E-state index is 13.4. The molecule has 1 aliphatic carbocycles. The van der Waals surface area contributed by atoms with E-state index in [0.29, 0.717) is 19.3 Å². The largest absolute Gasteiger partial charge is 0.463 e. The first kappa shape index (κ1) is 30.8. The fraction of sp³-hybridized carbons (Fsp3) is 0.424. The van der Waals surface area contributed by atoms with Gasteiger partial charge in [0.15, 0.2) is 0 Å². The molecule has 3 atom stereocenters. The molecule has 3 rings (SSSR count). The van der Waals surface area contributed by atoms with Gasteiger partial charge in [-0.2, -0.15) is 0 Å². The van der Waals surface area contributed by atoms with Crippen LogP contribution in [0.15, 0.2) is 86.0 Å². The minimum Gasteiger partial charge on any atom is -0.463 e. The van der Waals surface area contributed by atoms with Gasteiger partial charge in [0.05, 0.1) is 30.0 Å². The van der Waals surface area contributed by atoms with Crippen LogP contribution in [0.25, 0.3) is 0 Å².